The number of halogens is 2. The van der Waals surface area contributed by atoms with E-state index in [1.54, 1.807) is 24.3 Å². The highest BCUT2D eigenvalue weighted by Gasteiger charge is 2.16. The molecule has 4 nitrogen and oxygen atoms in total. The summed E-state index contributed by atoms with van der Waals surface area (Å²) in [6.07, 6.45) is 0. The van der Waals surface area contributed by atoms with Gasteiger partial charge in [-0.3, -0.25) is 10.6 Å². The molecule has 21 heavy (non-hydrogen) atoms. The van der Waals surface area contributed by atoms with Crippen molar-refractivity contribution in [2.75, 3.05) is 5.43 Å². The molecule has 110 valence electrons. The van der Waals surface area contributed by atoms with Gasteiger partial charge in [-0.2, -0.15) is 0 Å². The fraction of sp³-hybridized carbons (Fsp3) is 0.133. The highest BCUT2D eigenvalue weighted by molar-refractivity contribution is 6.31. The van der Waals surface area contributed by atoms with Gasteiger partial charge in [0.25, 0.3) is 5.91 Å². The first-order chi connectivity index (χ1) is 10.0. The second kappa shape index (κ2) is 6.80. The van der Waals surface area contributed by atoms with Crippen molar-refractivity contribution >= 4 is 34.8 Å². The molecule has 2 aromatic carbocycles. The monoisotopic (exact) mass is 323 g/mol. The van der Waals surface area contributed by atoms with E-state index in [1.807, 2.05) is 25.1 Å². The highest BCUT2D eigenvalue weighted by Crippen LogP contribution is 2.24. The van der Waals surface area contributed by atoms with Crippen molar-refractivity contribution < 1.29 is 4.79 Å². The number of rotatable bonds is 4. The van der Waals surface area contributed by atoms with E-state index in [-0.39, 0.29) is 11.9 Å². The Labute approximate surface area is 133 Å². The van der Waals surface area contributed by atoms with Gasteiger partial charge in [-0.05, 0) is 36.8 Å². The van der Waals surface area contributed by atoms with Gasteiger partial charge in [0.05, 0.1) is 17.3 Å². The molecule has 0 saturated carbocycles. The molecule has 0 heterocycles. The Kier molecular flexibility index (Phi) is 5.07. The first-order valence-corrected chi connectivity index (χ1v) is 7.10. The SMILES string of the molecule is CC(NC(=O)c1cc(Cl)ccc1NN)c1ccccc1Cl. The van der Waals surface area contributed by atoms with E-state index in [0.717, 1.165) is 5.56 Å². The highest BCUT2D eigenvalue weighted by atomic mass is 35.5. The summed E-state index contributed by atoms with van der Waals surface area (Å²) in [5.74, 6) is 5.13. The lowest BCUT2D eigenvalue weighted by molar-refractivity contribution is 0.0940. The molecule has 0 aromatic heterocycles. The molecular weight excluding hydrogens is 309 g/mol. The third-order valence-electron chi connectivity index (χ3n) is 3.10. The van der Waals surface area contributed by atoms with Crippen LogP contribution in [0.4, 0.5) is 5.69 Å². The van der Waals surface area contributed by atoms with Crippen LogP contribution >= 0.6 is 23.2 Å². The zero-order valence-electron chi connectivity index (χ0n) is 11.4. The molecule has 1 amide bonds. The van der Waals surface area contributed by atoms with Crippen LogP contribution in [-0.4, -0.2) is 5.91 Å². The minimum absolute atomic E-state index is 0.240. The number of nitrogens with two attached hydrogens (primary N) is 1. The Balaban J connectivity index is 2.22. The maximum absolute atomic E-state index is 12.4. The van der Waals surface area contributed by atoms with E-state index >= 15 is 0 Å². The predicted octanol–water partition coefficient (Wildman–Crippen LogP) is 3.77. The summed E-state index contributed by atoms with van der Waals surface area (Å²) >= 11 is 12.1. The fourth-order valence-electron chi connectivity index (χ4n) is 2.01. The molecule has 6 heteroatoms. The third-order valence-corrected chi connectivity index (χ3v) is 3.68. The molecule has 0 aliphatic rings. The van der Waals surface area contributed by atoms with Crippen molar-refractivity contribution in [3.63, 3.8) is 0 Å². The summed E-state index contributed by atoms with van der Waals surface area (Å²) in [5, 5.41) is 3.95. The van der Waals surface area contributed by atoms with Crippen molar-refractivity contribution in [1.82, 2.24) is 5.32 Å². The Hall–Kier alpha value is -1.75. The van der Waals surface area contributed by atoms with Crippen LogP contribution in [0.5, 0.6) is 0 Å². The summed E-state index contributed by atoms with van der Waals surface area (Å²) in [6.45, 7) is 1.86. The van der Waals surface area contributed by atoms with Crippen molar-refractivity contribution in [3.05, 3.63) is 63.6 Å². The van der Waals surface area contributed by atoms with E-state index in [1.165, 1.54) is 0 Å². The van der Waals surface area contributed by atoms with Gasteiger partial charge >= 0.3 is 0 Å². The number of carbonyl (C=O) groups is 1. The Morgan fingerprint density at radius 3 is 2.57 bits per heavy atom. The molecule has 1 unspecified atom stereocenters. The first-order valence-electron chi connectivity index (χ1n) is 6.34. The maximum Gasteiger partial charge on any atom is 0.253 e. The standard InChI is InChI=1S/C15H15Cl2N3O/c1-9(11-4-2-3-5-13(11)17)19-15(21)12-8-10(16)6-7-14(12)20-18/h2-9,20H,18H2,1H3,(H,19,21). The lowest BCUT2D eigenvalue weighted by Crippen LogP contribution is -2.28. The van der Waals surface area contributed by atoms with Gasteiger partial charge in [0.1, 0.15) is 0 Å². The number of hydrazine groups is 1. The Morgan fingerprint density at radius 2 is 1.90 bits per heavy atom. The van der Waals surface area contributed by atoms with Gasteiger partial charge in [-0.1, -0.05) is 41.4 Å². The molecule has 2 rings (SSSR count). The van der Waals surface area contributed by atoms with E-state index < -0.39 is 0 Å². The lowest BCUT2D eigenvalue weighted by atomic mass is 10.1. The summed E-state index contributed by atoms with van der Waals surface area (Å²) in [6, 6.07) is 12.0. The number of amides is 1. The molecular formula is C15H15Cl2N3O. The van der Waals surface area contributed by atoms with Crippen LogP contribution < -0.4 is 16.6 Å². The largest absolute Gasteiger partial charge is 0.345 e. The first kappa shape index (κ1) is 15.6. The Bertz CT molecular complexity index is 661. The van der Waals surface area contributed by atoms with Crippen molar-refractivity contribution in [1.29, 1.82) is 0 Å². The van der Waals surface area contributed by atoms with Crippen molar-refractivity contribution in [2.45, 2.75) is 13.0 Å². The van der Waals surface area contributed by atoms with Crippen molar-refractivity contribution in [2.24, 2.45) is 5.84 Å². The van der Waals surface area contributed by atoms with Crippen LogP contribution in [0.1, 0.15) is 28.9 Å². The molecule has 0 saturated heterocycles. The van der Waals surface area contributed by atoms with Gasteiger partial charge in [-0.25, -0.2) is 0 Å². The van der Waals surface area contributed by atoms with Crippen LogP contribution in [0, 0.1) is 0 Å². The van der Waals surface area contributed by atoms with Crippen LogP contribution in [0.15, 0.2) is 42.5 Å². The molecule has 4 N–H and O–H groups in total. The smallest absolute Gasteiger partial charge is 0.253 e. The summed E-state index contributed by atoms with van der Waals surface area (Å²) in [5.41, 5.74) is 4.21. The zero-order chi connectivity index (χ0) is 15.4. The van der Waals surface area contributed by atoms with E-state index in [9.17, 15) is 4.79 Å². The minimum Gasteiger partial charge on any atom is -0.345 e. The van der Waals surface area contributed by atoms with Gasteiger partial charge in [0, 0.05) is 10.0 Å². The van der Waals surface area contributed by atoms with Gasteiger partial charge in [0.2, 0.25) is 0 Å². The average Bonchev–Trinajstić information content (AvgIpc) is 2.47. The average molecular weight is 324 g/mol. The van der Waals surface area contributed by atoms with Crippen LogP contribution in [0.25, 0.3) is 0 Å². The van der Waals surface area contributed by atoms with Crippen molar-refractivity contribution in [3.8, 4) is 0 Å². The topological polar surface area (TPSA) is 67.2 Å². The Morgan fingerprint density at radius 1 is 1.19 bits per heavy atom. The lowest BCUT2D eigenvalue weighted by Gasteiger charge is -2.17. The third kappa shape index (κ3) is 3.67. The van der Waals surface area contributed by atoms with Gasteiger partial charge < -0.3 is 10.7 Å². The molecule has 0 bridgehead atoms. The van der Waals surface area contributed by atoms with Gasteiger partial charge in [-0.15, -0.1) is 0 Å². The van der Waals surface area contributed by atoms with E-state index in [2.05, 4.69) is 10.7 Å². The van der Waals surface area contributed by atoms with Crippen LogP contribution in [-0.2, 0) is 0 Å². The quantitative estimate of drug-likeness (QED) is 0.592. The number of hydrogen-bond acceptors (Lipinski definition) is 3. The zero-order valence-corrected chi connectivity index (χ0v) is 12.9. The molecule has 0 aliphatic heterocycles. The molecule has 0 aliphatic carbocycles. The molecule has 2 aromatic rings. The molecule has 0 fully saturated rings. The van der Waals surface area contributed by atoms with E-state index in [4.69, 9.17) is 29.0 Å². The molecule has 1 atom stereocenters. The fourth-order valence-corrected chi connectivity index (χ4v) is 2.48. The normalized spacial score (nSPS) is 11.8. The predicted molar refractivity (Wildman–Crippen MR) is 86.6 cm³/mol. The van der Waals surface area contributed by atoms with E-state index in [0.29, 0.717) is 21.3 Å². The second-order valence-corrected chi connectivity index (χ2v) is 5.39. The number of carbonyl (C=O) groups excluding carboxylic acids is 1. The maximum atomic E-state index is 12.4. The summed E-state index contributed by atoms with van der Waals surface area (Å²) < 4.78 is 0. The molecule has 0 spiro atoms. The van der Waals surface area contributed by atoms with Crippen LogP contribution in [0.3, 0.4) is 0 Å². The number of nitrogen functional groups attached to an aromatic ring is 1. The number of hydrogen-bond donors (Lipinski definition) is 3. The number of benzene rings is 2. The second-order valence-electron chi connectivity index (χ2n) is 4.55. The number of anilines is 1. The van der Waals surface area contributed by atoms with Gasteiger partial charge in [0.15, 0.2) is 0 Å². The number of nitrogens with one attached hydrogen (secondary N) is 2. The molecule has 0 radical (unpaired) electrons. The summed E-state index contributed by atoms with van der Waals surface area (Å²) in [7, 11) is 0. The minimum atomic E-state index is -0.280. The summed E-state index contributed by atoms with van der Waals surface area (Å²) in [4.78, 5) is 12.4. The van der Waals surface area contributed by atoms with Crippen LogP contribution in [0.2, 0.25) is 10.0 Å².